The Morgan fingerprint density at radius 1 is 1.44 bits per heavy atom. The lowest BCUT2D eigenvalue weighted by atomic mass is 10.3. The lowest BCUT2D eigenvalue weighted by Crippen LogP contribution is -2.20. The third-order valence-electron chi connectivity index (χ3n) is 3.34. The van der Waals surface area contributed by atoms with Gasteiger partial charge in [0.1, 0.15) is 11.3 Å². The summed E-state index contributed by atoms with van der Waals surface area (Å²) in [5.41, 5.74) is 2.79. The Morgan fingerprint density at radius 3 is 2.94 bits per heavy atom. The molecule has 2 heterocycles. The van der Waals surface area contributed by atoms with E-state index in [1.165, 1.54) is 12.8 Å². The lowest BCUT2D eigenvalue weighted by molar-refractivity contribution is 0.683. The van der Waals surface area contributed by atoms with Gasteiger partial charge < -0.3 is 9.55 Å². The molecule has 0 bridgehead atoms. The molecular formula is C13H19N5. The number of aromatic nitrogens is 4. The molecule has 5 heteroatoms. The van der Waals surface area contributed by atoms with E-state index in [1.54, 1.807) is 6.33 Å². The van der Waals surface area contributed by atoms with E-state index in [4.69, 9.17) is 4.98 Å². The highest BCUT2D eigenvalue weighted by Crippen LogP contribution is 2.38. The molecule has 2 aromatic rings. The first-order valence-corrected chi connectivity index (χ1v) is 6.79. The van der Waals surface area contributed by atoms with Gasteiger partial charge in [0.15, 0.2) is 11.1 Å². The van der Waals surface area contributed by atoms with Crippen molar-refractivity contribution in [3.8, 4) is 0 Å². The number of H-pyrrole nitrogens is 1. The van der Waals surface area contributed by atoms with Crippen molar-refractivity contribution in [3.63, 3.8) is 0 Å². The summed E-state index contributed by atoms with van der Waals surface area (Å²) in [6.45, 7) is 6.00. The second kappa shape index (κ2) is 4.55. The molecular weight excluding hydrogens is 226 g/mol. The summed E-state index contributed by atoms with van der Waals surface area (Å²) in [7, 11) is 0. The molecule has 3 rings (SSSR count). The van der Waals surface area contributed by atoms with E-state index in [-0.39, 0.29) is 0 Å². The van der Waals surface area contributed by atoms with Gasteiger partial charge in [0, 0.05) is 19.0 Å². The summed E-state index contributed by atoms with van der Waals surface area (Å²) in [5, 5.41) is 0. The van der Waals surface area contributed by atoms with Crippen LogP contribution in [0.2, 0.25) is 0 Å². The first-order valence-electron chi connectivity index (χ1n) is 6.79. The summed E-state index contributed by atoms with van der Waals surface area (Å²) >= 11 is 0. The summed E-state index contributed by atoms with van der Waals surface area (Å²) in [6, 6.07) is 0. The molecule has 96 valence electrons. The van der Waals surface area contributed by atoms with Crippen LogP contribution in [0, 0.1) is 0 Å². The number of nitrogens with zero attached hydrogens (tertiary/aromatic N) is 4. The smallest absolute Gasteiger partial charge is 0.177 e. The van der Waals surface area contributed by atoms with Crippen molar-refractivity contribution < 1.29 is 0 Å². The zero-order valence-corrected chi connectivity index (χ0v) is 11.0. The van der Waals surface area contributed by atoms with Crippen LogP contribution < -0.4 is 5.49 Å². The van der Waals surface area contributed by atoms with E-state index in [2.05, 4.69) is 33.4 Å². The number of aromatic amines is 1. The molecule has 1 fully saturated rings. The van der Waals surface area contributed by atoms with Crippen LogP contribution >= 0.6 is 0 Å². The maximum absolute atomic E-state index is 4.77. The van der Waals surface area contributed by atoms with Crippen molar-refractivity contribution in [2.45, 2.75) is 45.6 Å². The molecule has 0 saturated heterocycles. The molecule has 5 nitrogen and oxygen atoms in total. The monoisotopic (exact) mass is 245 g/mol. The van der Waals surface area contributed by atoms with Crippen LogP contribution in [0.5, 0.6) is 0 Å². The topological polar surface area (TPSA) is 58.9 Å². The Hall–Kier alpha value is -1.65. The quantitative estimate of drug-likeness (QED) is 0.895. The molecule has 0 amide bonds. The van der Waals surface area contributed by atoms with Crippen LogP contribution in [0.3, 0.4) is 0 Å². The van der Waals surface area contributed by atoms with Gasteiger partial charge in [0.25, 0.3) is 0 Å². The van der Waals surface area contributed by atoms with E-state index in [0.29, 0.717) is 5.92 Å². The van der Waals surface area contributed by atoms with Crippen LogP contribution in [0.15, 0.2) is 11.3 Å². The van der Waals surface area contributed by atoms with Crippen LogP contribution in [0.1, 0.15) is 44.9 Å². The molecule has 1 aliphatic rings. The van der Waals surface area contributed by atoms with Gasteiger partial charge in [-0.15, -0.1) is 0 Å². The second-order valence-electron chi connectivity index (χ2n) is 4.80. The Bertz CT molecular complexity index is 618. The van der Waals surface area contributed by atoms with Gasteiger partial charge in [0.05, 0.1) is 6.33 Å². The average Bonchev–Trinajstić information content (AvgIpc) is 3.12. The SMILES string of the molecule is CCCN=c1nc(C2CC2)n(CC)c2nc[nH]c12. The van der Waals surface area contributed by atoms with Crippen LogP contribution in [0.25, 0.3) is 11.2 Å². The predicted octanol–water partition coefficient (Wildman–Crippen LogP) is 1.97. The number of rotatable bonds is 4. The molecule has 0 atom stereocenters. The molecule has 0 unspecified atom stereocenters. The number of hydrogen-bond acceptors (Lipinski definition) is 3. The fourth-order valence-corrected chi connectivity index (χ4v) is 2.29. The van der Waals surface area contributed by atoms with Gasteiger partial charge in [-0.2, -0.15) is 0 Å². The van der Waals surface area contributed by atoms with Crippen LogP contribution in [0.4, 0.5) is 0 Å². The Balaban J connectivity index is 2.26. The van der Waals surface area contributed by atoms with Crippen molar-refractivity contribution in [1.82, 2.24) is 19.5 Å². The fraction of sp³-hybridized carbons (Fsp3) is 0.615. The average molecular weight is 245 g/mol. The molecule has 0 aliphatic heterocycles. The normalized spacial score (nSPS) is 16.7. The molecule has 18 heavy (non-hydrogen) atoms. The summed E-state index contributed by atoms with van der Waals surface area (Å²) in [4.78, 5) is 17.0. The molecule has 0 radical (unpaired) electrons. The first kappa shape index (κ1) is 11.4. The van der Waals surface area contributed by atoms with Gasteiger partial charge in [-0.05, 0) is 26.2 Å². The highest BCUT2D eigenvalue weighted by molar-refractivity contribution is 5.69. The molecule has 1 N–H and O–H groups in total. The minimum absolute atomic E-state index is 0.613. The summed E-state index contributed by atoms with van der Waals surface area (Å²) in [5.74, 6) is 1.77. The Kier molecular flexibility index (Phi) is 2.89. The predicted molar refractivity (Wildman–Crippen MR) is 70.2 cm³/mol. The van der Waals surface area contributed by atoms with Crippen LogP contribution in [-0.2, 0) is 6.54 Å². The van der Waals surface area contributed by atoms with Crippen molar-refractivity contribution in [2.75, 3.05) is 6.54 Å². The lowest BCUT2D eigenvalue weighted by Gasteiger charge is -2.10. The Labute approximate surface area is 106 Å². The highest BCUT2D eigenvalue weighted by Gasteiger charge is 2.29. The molecule has 1 saturated carbocycles. The number of fused-ring (bicyclic) bond motifs is 1. The molecule has 1 aliphatic carbocycles. The Morgan fingerprint density at radius 2 is 2.28 bits per heavy atom. The standard InChI is InChI=1S/C13H19N5/c1-3-7-14-11-10-13(16-8-15-10)18(4-2)12(17-11)9-5-6-9/h8-9H,3-7H2,1-2H3,(H,15,16). The zero-order chi connectivity index (χ0) is 12.5. The molecule has 0 spiro atoms. The number of aryl methyl sites for hydroxylation is 1. The van der Waals surface area contributed by atoms with Gasteiger partial charge in [0.2, 0.25) is 0 Å². The fourth-order valence-electron chi connectivity index (χ4n) is 2.29. The van der Waals surface area contributed by atoms with Gasteiger partial charge >= 0.3 is 0 Å². The third kappa shape index (κ3) is 1.83. The van der Waals surface area contributed by atoms with Gasteiger partial charge in [-0.3, -0.25) is 4.99 Å². The minimum atomic E-state index is 0.613. The minimum Gasteiger partial charge on any atom is -0.340 e. The number of nitrogens with one attached hydrogen (secondary N) is 1. The molecule has 0 aromatic carbocycles. The van der Waals surface area contributed by atoms with Crippen molar-refractivity contribution in [2.24, 2.45) is 4.99 Å². The van der Waals surface area contributed by atoms with E-state index >= 15 is 0 Å². The maximum atomic E-state index is 4.77. The van der Waals surface area contributed by atoms with E-state index < -0.39 is 0 Å². The van der Waals surface area contributed by atoms with Crippen molar-refractivity contribution in [1.29, 1.82) is 0 Å². The van der Waals surface area contributed by atoms with E-state index in [1.807, 2.05) is 0 Å². The zero-order valence-electron chi connectivity index (χ0n) is 11.0. The van der Waals surface area contributed by atoms with Crippen molar-refractivity contribution >= 4 is 11.2 Å². The van der Waals surface area contributed by atoms with Crippen LogP contribution in [-0.4, -0.2) is 26.1 Å². The first-order chi connectivity index (χ1) is 8.85. The van der Waals surface area contributed by atoms with E-state index in [9.17, 15) is 0 Å². The third-order valence-corrected chi connectivity index (χ3v) is 3.34. The van der Waals surface area contributed by atoms with Crippen molar-refractivity contribution in [3.05, 3.63) is 17.6 Å². The highest BCUT2D eigenvalue weighted by atomic mass is 15.1. The number of imidazole rings is 1. The summed E-state index contributed by atoms with van der Waals surface area (Å²) in [6.07, 6.45) is 5.27. The van der Waals surface area contributed by atoms with E-state index in [0.717, 1.165) is 42.0 Å². The maximum Gasteiger partial charge on any atom is 0.177 e. The number of hydrogen-bond donors (Lipinski definition) is 1. The molecule has 2 aromatic heterocycles. The second-order valence-corrected chi connectivity index (χ2v) is 4.80. The van der Waals surface area contributed by atoms with Gasteiger partial charge in [-0.1, -0.05) is 6.92 Å². The van der Waals surface area contributed by atoms with Gasteiger partial charge in [-0.25, -0.2) is 9.97 Å². The summed E-state index contributed by atoms with van der Waals surface area (Å²) < 4.78 is 2.22. The largest absolute Gasteiger partial charge is 0.340 e.